The topological polar surface area (TPSA) is 64.7 Å². The van der Waals surface area contributed by atoms with Crippen LogP contribution in [0.4, 0.5) is 5.69 Å². The summed E-state index contributed by atoms with van der Waals surface area (Å²) in [6.45, 7) is 0. The second-order valence-corrected chi connectivity index (χ2v) is 5.68. The van der Waals surface area contributed by atoms with Crippen molar-refractivity contribution in [2.24, 2.45) is 0 Å². The number of benzene rings is 2. The van der Waals surface area contributed by atoms with Gasteiger partial charge in [-0.3, -0.25) is 0 Å². The van der Waals surface area contributed by atoms with Crippen LogP contribution in [0.2, 0.25) is 0 Å². The third-order valence-corrected chi connectivity index (χ3v) is 3.89. The van der Waals surface area contributed by atoms with Gasteiger partial charge in [0.2, 0.25) is 0 Å². The third kappa shape index (κ3) is 2.94. The molecule has 4 aromatic rings. The summed E-state index contributed by atoms with van der Waals surface area (Å²) in [5.41, 5.74) is 10.4. The summed E-state index contributed by atoms with van der Waals surface area (Å²) in [5, 5.41) is 1.03. The molecule has 0 saturated heterocycles. The van der Waals surface area contributed by atoms with Crippen molar-refractivity contribution in [2.75, 3.05) is 5.73 Å². The Balaban J connectivity index is 1.67. The van der Waals surface area contributed by atoms with Crippen LogP contribution >= 0.6 is 0 Å². The van der Waals surface area contributed by atoms with Crippen LogP contribution in [0.15, 0.2) is 72.9 Å². The Morgan fingerprint density at radius 3 is 2.50 bits per heavy atom. The monoisotopic (exact) mass is 312 g/mol. The summed E-state index contributed by atoms with van der Waals surface area (Å²) in [6.07, 6.45) is 2.59. The normalized spacial score (nSPS) is 10.8. The molecule has 0 aliphatic heterocycles. The number of fused-ring (bicyclic) bond motifs is 1. The molecule has 0 amide bonds. The number of rotatable bonds is 3. The van der Waals surface area contributed by atoms with E-state index in [0.29, 0.717) is 5.82 Å². The second kappa shape index (κ2) is 6.08. The second-order valence-electron chi connectivity index (χ2n) is 5.68. The average Bonchev–Trinajstić information content (AvgIpc) is 2.63. The maximum atomic E-state index is 5.73. The molecule has 2 N–H and O–H groups in total. The van der Waals surface area contributed by atoms with E-state index in [9.17, 15) is 0 Å². The van der Waals surface area contributed by atoms with Crippen LogP contribution in [0, 0.1) is 0 Å². The van der Waals surface area contributed by atoms with E-state index in [-0.39, 0.29) is 0 Å². The smallest absolute Gasteiger partial charge is 0.178 e. The molecule has 2 aromatic heterocycles. The lowest BCUT2D eigenvalue weighted by Gasteiger charge is -2.05. The molecule has 0 fully saturated rings. The van der Waals surface area contributed by atoms with Crippen molar-refractivity contribution < 1.29 is 0 Å². The maximum absolute atomic E-state index is 5.73. The maximum Gasteiger partial charge on any atom is 0.178 e. The lowest BCUT2D eigenvalue weighted by Crippen LogP contribution is -1.97. The lowest BCUT2D eigenvalue weighted by molar-refractivity contribution is 1.06. The van der Waals surface area contributed by atoms with E-state index in [2.05, 4.69) is 9.97 Å². The van der Waals surface area contributed by atoms with Gasteiger partial charge < -0.3 is 5.73 Å². The summed E-state index contributed by atoms with van der Waals surface area (Å²) < 4.78 is 0. The van der Waals surface area contributed by atoms with Gasteiger partial charge >= 0.3 is 0 Å². The average molecular weight is 312 g/mol. The molecule has 4 heteroatoms. The van der Waals surface area contributed by atoms with Crippen molar-refractivity contribution in [1.82, 2.24) is 15.0 Å². The van der Waals surface area contributed by atoms with E-state index in [1.54, 1.807) is 0 Å². The Bertz CT molecular complexity index is 994. The molecule has 0 aliphatic carbocycles. The van der Waals surface area contributed by atoms with Gasteiger partial charge in [0, 0.05) is 29.4 Å². The number of nitrogen functional groups attached to an aromatic ring is 1. The molecule has 0 spiro atoms. The van der Waals surface area contributed by atoms with E-state index in [0.717, 1.165) is 34.4 Å². The van der Waals surface area contributed by atoms with Crippen LogP contribution in [0.3, 0.4) is 0 Å². The molecule has 0 atom stereocenters. The number of aromatic nitrogens is 3. The minimum Gasteiger partial charge on any atom is -0.399 e. The fourth-order valence-electron chi connectivity index (χ4n) is 2.64. The Labute approximate surface area is 140 Å². The molecule has 0 unspecified atom stereocenters. The fraction of sp³-hybridized carbons (Fsp3) is 0.0500. The lowest BCUT2D eigenvalue weighted by atomic mass is 10.1. The number of hydrogen-bond donors (Lipinski definition) is 1. The first kappa shape index (κ1) is 14.3. The summed E-state index contributed by atoms with van der Waals surface area (Å²) >= 11 is 0. The first-order chi connectivity index (χ1) is 11.8. The Morgan fingerprint density at radius 1 is 0.792 bits per heavy atom. The molecule has 4 rings (SSSR count). The van der Waals surface area contributed by atoms with Gasteiger partial charge in [0.1, 0.15) is 5.69 Å². The molecule has 2 aromatic carbocycles. The first-order valence-corrected chi connectivity index (χ1v) is 7.80. The van der Waals surface area contributed by atoms with Gasteiger partial charge in [-0.25, -0.2) is 15.0 Å². The SMILES string of the molecule is Nc1ccc(Cc2cccc(-c3ncc4ccccc4n3)n2)cc1. The molecular formula is C20H16N4. The summed E-state index contributed by atoms with van der Waals surface area (Å²) in [5.74, 6) is 0.646. The molecule has 24 heavy (non-hydrogen) atoms. The first-order valence-electron chi connectivity index (χ1n) is 7.80. The summed E-state index contributed by atoms with van der Waals surface area (Å²) in [6, 6.07) is 21.8. The predicted molar refractivity (Wildman–Crippen MR) is 96.4 cm³/mol. The number of nitrogens with zero attached hydrogens (tertiary/aromatic N) is 3. The zero-order chi connectivity index (χ0) is 16.4. The minimum atomic E-state index is 0.646. The highest BCUT2D eigenvalue weighted by Gasteiger charge is 2.06. The van der Waals surface area contributed by atoms with E-state index in [1.807, 2.05) is 72.9 Å². The van der Waals surface area contributed by atoms with Crippen molar-refractivity contribution in [3.8, 4) is 11.5 Å². The highest BCUT2D eigenvalue weighted by atomic mass is 14.9. The summed E-state index contributed by atoms with van der Waals surface area (Å²) in [7, 11) is 0. The van der Waals surface area contributed by atoms with Gasteiger partial charge in [0.15, 0.2) is 5.82 Å². The van der Waals surface area contributed by atoms with Crippen LogP contribution in [0.1, 0.15) is 11.3 Å². The van der Waals surface area contributed by atoms with E-state index in [4.69, 9.17) is 10.7 Å². The van der Waals surface area contributed by atoms with Crippen LogP contribution in [-0.4, -0.2) is 15.0 Å². The Morgan fingerprint density at radius 2 is 1.62 bits per heavy atom. The van der Waals surface area contributed by atoms with Crippen LogP contribution in [-0.2, 0) is 6.42 Å². The van der Waals surface area contributed by atoms with Crippen LogP contribution < -0.4 is 5.73 Å². The van der Waals surface area contributed by atoms with Crippen molar-refractivity contribution in [2.45, 2.75) is 6.42 Å². The fourth-order valence-corrected chi connectivity index (χ4v) is 2.64. The number of para-hydroxylation sites is 1. The number of pyridine rings is 1. The Kier molecular flexibility index (Phi) is 3.63. The molecule has 0 aliphatic rings. The van der Waals surface area contributed by atoms with E-state index < -0.39 is 0 Å². The van der Waals surface area contributed by atoms with Crippen molar-refractivity contribution >= 4 is 16.6 Å². The zero-order valence-corrected chi connectivity index (χ0v) is 13.1. The van der Waals surface area contributed by atoms with Crippen LogP contribution in [0.5, 0.6) is 0 Å². The van der Waals surface area contributed by atoms with Gasteiger partial charge in [-0.2, -0.15) is 0 Å². The zero-order valence-electron chi connectivity index (χ0n) is 13.1. The van der Waals surface area contributed by atoms with Gasteiger partial charge in [0.05, 0.1) is 5.52 Å². The van der Waals surface area contributed by atoms with Crippen molar-refractivity contribution in [1.29, 1.82) is 0 Å². The van der Waals surface area contributed by atoms with E-state index in [1.165, 1.54) is 5.56 Å². The standard InChI is InChI=1S/C20H16N4/c21-16-10-8-14(9-11-16)12-17-5-3-7-19(23-17)20-22-13-15-4-1-2-6-18(15)24-20/h1-11,13H,12,21H2. The van der Waals surface area contributed by atoms with Crippen LogP contribution in [0.25, 0.3) is 22.4 Å². The van der Waals surface area contributed by atoms with Gasteiger partial charge in [-0.15, -0.1) is 0 Å². The van der Waals surface area contributed by atoms with Gasteiger partial charge in [-0.05, 0) is 35.9 Å². The molecular weight excluding hydrogens is 296 g/mol. The molecule has 4 nitrogen and oxygen atoms in total. The molecule has 0 radical (unpaired) electrons. The minimum absolute atomic E-state index is 0.646. The number of hydrogen-bond acceptors (Lipinski definition) is 4. The summed E-state index contributed by atoms with van der Waals surface area (Å²) in [4.78, 5) is 13.8. The molecule has 116 valence electrons. The highest BCUT2D eigenvalue weighted by Crippen LogP contribution is 2.18. The predicted octanol–water partition coefficient (Wildman–Crippen LogP) is 3.86. The number of anilines is 1. The third-order valence-electron chi connectivity index (χ3n) is 3.89. The van der Waals surface area contributed by atoms with Crippen molar-refractivity contribution in [3.05, 3.63) is 84.2 Å². The number of nitrogens with two attached hydrogens (primary N) is 1. The van der Waals surface area contributed by atoms with Gasteiger partial charge in [-0.1, -0.05) is 36.4 Å². The molecule has 0 bridgehead atoms. The Hall–Kier alpha value is -3.27. The molecule has 2 heterocycles. The van der Waals surface area contributed by atoms with Crippen molar-refractivity contribution in [3.63, 3.8) is 0 Å². The van der Waals surface area contributed by atoms with Gasteiger partial charge in [0.25, 0.3) is 0 Å². The van der Waals surface area contributed by atoms with E-state index >= 15 is 0 Å². The quantitative estimate of drug-likeness (QED) is 0.583. The largest absolute Gasteiger partial charge is 0.399 e. The highest BCUT2D eigenvalue weighted by molar-refractivity contribution is 5.79. The molecule has 0 saturated carbocycles.